The lowest BCUT2D eigenvalue weighted by molar-refractivity contribution is -0.138. The first-order valence-corrected chi connectivity index (χ1v) is 16.9. The SMILES string of the molecule is CCS(=O)(=O)c1cc(C)c(Cl)cc1Cn1c(=O)[nH]c2c(Cl)c(CN3CCC[C@@H](NC(=O)OC(C)(C)C)C3)c(C(F)(F)F)cc2c1=O. The summed E-state index contributed by atoms with van der Waals surface area (Å²) in [4.78, 5) is 43.0. The van der Waals surface area contributed by atoms with Gasteiger partial charge in [0.05, 0.1) is 38.7 Å². The number of piperidine rings is 1. The first-order chi connectivity index (χ1) is 21.2. The number of nitrogens with zero attached hydrogens (tertiary/aromatic N) is 2. The normalized spacial score (nSPS) is 16.5. The summed E-state index contributed by atoms with van der Waals surface area (Å²) in [7, 11) is -3.82. The number of benzene rings is 2. The van der Waals surface area contributed by atoms with Crippen LogP contribution in [0.3, 0.4) is 0 Å². The third-order valence-electron chi connectivity index (χ3n) is 7.62. The smallest absolute Gasteiger partial charge is 0.416 e. The van der Waals surface area contributed by atoms with Gasteiger partial charge in [-0.25, -0.2) is 18.0 Å². The van der Waals surface area contributed by atoms with Crippen molar-refractivity contribution in [2.24, 2.45) is 0 Å². The van der Waals surface area contributed by atoms with Gasteiger partial charge in [0, 0.05) is 24.2 Å². The van der Waals surface area contributed by atoms with Crippen LogP contribution in [-0.2, 0) is 33.8 Å². The van der Waals surface area contributed by atoms with E-state index < -0.39 is 61.5 Å². The second-order valence-corrected chi connectivity index (χ2v) is 15.3. The summed E-state index contributed by atoms with van der Waals surface area (Å²) in [5.41, 5.74) is -4.11. The summed E-state index contributed by atoms with van der Waals surface area (Å²) in [6, 6.07) is 2.91. The minimum Gasteiger partial charge on any atom is -0.444 e. The zero-order valence-electron chi connectivity index (χ0n) is 25.9. The molecule has 0 aliphatic carbocycles. The average molecular weight is 708 g/mol. The van der Waals surface area contributed by atoms with Crippen molar-refractivity contribution in [1.29, 1.82) is 0 Å². The molecule has 1 fully saturated rings. The number of sulfone groups is 1. The van der Waals surface area contributed by atoms with Crippen LogP contribution in [-0.4, -0.2) is 59.4 Å². The second-order valence-electron chi connectivity index (χ2n) is 12.3. The third kappa shape index (κ3) is 7.89. The Labute approximate surface area is 273 Å². The number of aryl methyl sites for hydroxylation is 1. The zero-order chi connectivity index (χ0) is 34.4. The van der Waals surface area contributed by atoms with Crippen molar-refractivity contribution in [3.05, 3.63) is 71.3 Å². The van der Waals surface area contributed by atoms with Crippen LogP contribution in [0.5, 0.6) is 0 Å². The molecule has 0 bridgehead atoms. The quantitative estimate of drug-likeness (QED) is 0.325. The maximum atomic E-state index is 14.5. The molecule has 1 saturated heterocycles. The fourth-order valence-corrected chi connectivity index (χ4v) is 7.08. The summed E-state index contributed by atoms with van der Waals surface area (Å²) < 4.78 is 74.9. The van der Waals surface area contributed by atoms with E-state index in [1.807, 2.05) is 0 Å². The number of ether oxygens (including phenoxy) is 1. The number of amides is 1. The first-order valence-electron chi connectivity index (χ1n) is 14.5. The molecule has 10 nitrogen and oxygen atoms in total. The fourth-order valence-electron chi connectivity index (χ4n) is 5.39. The van der Waals surface area contributed by atoms with Gasteiger partial charge >= 0.3 is 18.0 Å². The van der Waals surface area contributed by atoms with Crippen LogP contribution >= 0.6 is 23.2 Å². The van der Waals surface area contributed by atoms with Crippen molar-refractivity contribution >= 4 is 50.0 Å². The van der Waals surface area contributed by atoms with E-state index in [0.29, 0.717) is 35.6 Å². The van der Waals surface area contributed by atoms with Crippen LogP contribution in [0.1, 0.15) is 62.8 Å². The van der Waals surface area contributed by atoms with Gasteiger partial charge < -0.3 is 15.0 Å². The van der Waals surface area contributed by atoms with Crippen molar-refractivity contribution in [2.75, 3.05) is 18.8 Å². The van der Waals surface area contributed by atoms with Crippen molar-refractivity contribution < 1.29 is 31.1 Å². The Morgan fingerprint density at radius 1 is 1.13 bits per heavy atom. The molecule has 252 valence electrons. The molecule has 4 rings (SSSR count). The highest BCUT2D eigenvalue weighted by molar-refractivity contribution is 7.91. The lowest BCUT2D eigenvalue weighted by Gasteiger charge is -2.34. The van der Waals surface area contributed by atoms with E-state index in [9.17, 15) is 36.0 Å². The summed E-state index contributed by atoms with van der Waals surface area (Å²) in [6.45, 7) is 7.94. The van der Waals surface area contributed by atoms with Crippen LogP contribution in [0.25, 0.3) is 10.9 Å². The van der Waals surface area contributed by atoms with Gasteiger partial charge in [0.2, 0.25) is 0 Å². The molecule has 1 aromatic heterocycles. The molecule has 0 saturated carbocycles. The molecule has 2 N–H and O–H groups in total. The molecule has 3 aromatic rings. The number of halogens is 5. The summed E-state index contributed by atoms with van der Waals surface area (Å²) >= 11 is 12.8. The number of likely N-dealkylation sites (tertiary alicyclic amines) is 1. The molecule has 2 heterocycles. The Kier molecular flexibility index (Phi) is 10.3. The summed E-state index contributed by atoms with van der Waals surface area (Å²) in [5, 5.41) is 1.99. The van der Waals surface area contributed by atoms with Gasteiger partial charge in [-0.3, -0.25) is 14.3 Å². The first kappa shape index (κ1) is 35.8. The van der Waals surface area contributed by atoms with E-state index in [1.54, 1.807) is 32.6 Å². The Morgan fingerprint density at radius 3 is 2.41 bits per heavy atom. The van der Waals surface area contributed by atoms with Crippen molar-refractivity contribution in [1.82, 2.24) is 19.8 Å². The standard InChI is InChI=1S/C30H35Cl2F3N4O6S/c1-6-46(43,44)23-10-16(2)22(31)11-17(23)13-39-26(40)19-12-21(30(33,34)35)20(24(32)25(19)37-27(39)41)15-38-9-7-8-18(14-38)36-28(42)45-29(3,4)5/h10-12,18H,6-9,13-15H2,1-5H3,(H,36,42)(H,37,41)/t18-/m1/s1. The van der Waals surface area contributed by atoms with Crippen molar-refractivity contribution in [2.45, 2.75) is 83.3 Å². The van der Waals surface area contributed by atoms with E-state index in [-0.39, 0.29) is 51.4 Å². The molecule has 46 heavy (non-hydrogen) atoms. The average Bonchev–Trinajstić information content (AvgIpc) is 2.93. The third-order valence-corrected chi connectivity index (χ3v) is 10.3. The molecular formula is C30H35Cl2F3N4O6S. The van der Waals surface area contributed by atoms with E-state index in [2.05, 4.69) is 10.3 Å². The van der Waals surface area contributed by atoms with Gasteiger partial charge in [0.25, 0.3) is 5.56 Å². The highest BCUT2D eigenvalue weighted by Crippen LogP contribution is 2.39. The van der Waals surface area contributed by atoms with Crippen LogP contribution in [0.15, 0.2) is 32.7 Å². The topological polar surface area (TPSA) is 131 Å². The largest absolute Gasteiger partial charge is 0.444 e. The van der Waals surface area contributed by atoms with Gasteiger partial charge in [-0.05, 0) is 82.0 Å². The number of carbonyl (C=O) groups is 1. The minimum absolute atomic E-state index is 0.0304. The number of nitrogens with one attached hydrogen (secondary N) is 2. The number of fused-ring (bicyclic) bond motifs is 1. The van der Waals surface area contributed by atoms with E-state index >= 15 is 0 Å². The Bertz CT molecular complexity index is 1900. The van der Waals surface area contributed by atoms with Crippen LogP contribution in [0.2, 0.25) is 10.0 Å². The van der Waals surface area contributed by atoms with E-state index in [4.69, 9.17) is 27.9 Å². The zero-order valence-corrected chi connectivity index (χ0v) is 28.2. The highest BCUT2D eigenvalue weighted by Gasteiger charge is 2.37. The van der Waals surface area contributed by atoms with E-state index in [1.165, 1.54) is 19.1 Å². The number of aromatic amines is 1. The van der Waals surface area contributed by atoms with Gasteiger partial charge in [0.15, 0.2) is 9.84 Å². The monoisotopic (exact) mass is 706 g/mol. The van der Waals surface area contributed by atoms with Crippen LogP contribution < -0.4 is 16.6 Å². The molecule has 0 radical (unpaired) electrons. The summed E-state index contributed by atoms with van der Waals surface area (Å²) in [6.07, 6.45) is -4.39. The fraction of sp³-hybridized carbons (Fsp3) is 0.500. The van der Waals surface area contributed by atoms with Crippen molar-refractivity contribution in [3.8, 4) is 0 Å². The number of aromatic nitrogens is 2. The molecule has 1 aliphatic heterocycles. The number of rotatable bonds is 7. The number of H-pyrrole nitrogens is 1. The van der Waals surface area contributed by atoms with Gasteiger partial charge in [0.1, 0.15) is 5.60 Å². The number of alkyl halides is 3. The molecule has 0 spiro atoms. The molecule has 16 heteroatoms. The Hall–Kier alpha value is -3.07. The number of hydrogen-bond donors (Lipinski definition) is 2. The molecular weight excluding hydrogens is 672 g/mol. The predicted molar refractivity (Wildman–Crippen MR) is 170 cm³/mol. The molecule has 0 unspecified atom stereocenters. The highest BCUT2D eigenvalue weighted by atomic mass is 35.5. The van der Waals surface area contributed by atoms with Gasteiger partial charge in [-0.2, -0.15) is 13.2 Å². The molecule has 1 aliphatic rings. The molecule has 1 atom stereocenters. The Balaban J connectivity index is 1.76. The second kappa shape index (κ2) is 13.2. The number of alkyl carbamates (subject to hydrolysis) is 1. The Morgan fingerprint density at radius 2 is 1.80 bits per heavy atom. The minimum atomic E-state index is -4.92. The van der Waals surface area contributed by atoms with E-state index in [0.717, 1.165) is 0 Å². The van der Waals surface area contributed by atoms with Crippen LogP contribution in [0, 0.1) is 6.92 Å². The van der Waals surface area contributed by atoms with Crippen molar-refractivity contribution in [3.63, 3.8) is 0 Å². The predicted octanol–water partition coefficient (Wildman–Crippen LogP) is 5.65. The lowest BCUT2D eigenvalue weighted by Crippen LogP contribution is -2.48. The summed E-state index contributed by atoms with van der Waals surface area (Å²) in [5.74, 6) is -0.272. The van der Waals surface area contributed by atoms with Gasteiger partial charge in [-0.1, -0.05) is 30.1 Å². The number of hydrogen-bond acceptors (Lipinski definition) is 7. The van der Waals surface area contributed by atoms with Crippen LogP contribution in [0.4, 0.5) is 18.0 Å². The molecule has 1 amide bonds. The number of carbonyl (C=O) groups excluding carboxylic acids is 1. The molecule has 2 aromatic carbocycles. The maximum absolute atomic E-state index is 14.5. The lowest BCUT2D eigenvalue weighted by atomic mass is 10.0. The maximum Gasteiger partial charge on any atom is 0.416 e. The van der Waals surface area contributed by atoms with Gasteiger partial charge in [-0.15, -0.1) is 0 Å².